The van der Waals surface area contributed by atoms with E-state index in [1.54, 1.807) is 6.20 Å². The topological polar surface area (TPSA) is 49.8 Å². The van der Waals surface area contributed by atoms with Gasteiger partial charge in [0.05, 0.1) is 0 Å². The van der Waals surface area contributed by atoms with Gasteiger partial charge in [-0.25, -0.2) is 4.98 Å². The second kappa shape index (κ2) is 7.25. The second-order valence-corrected chi connectivity index (χ2v) is 6.47. The summed E-state index contributed by atoms with van der Waals surface area (Å²) >= 11 is 0. The van der Waals surface area contributed by atoms with Crippen LogP contribution in [0.1, 0.15) is 46.1 Å². The lowest BCUT2D eigenvalue weighted by molar-refractivity contribution is 0.592. The number of nitrogens with zero attached hydrogens (tertiary/aromatic N) is 2. The summed E-state index contributed by atoms with van der Waals surface area (Å²) in [4.78, 5) is 8.85. The molecule has 2 rings (SSSR count). The number of rotatable bonds is 6. The molecule has 0 fully saturated rings. The average molecular weight is 298 g/mol. The van der Waals surface area contributed by atoms with E-state index in [0.29, 0.717) is 5.95 Å². The summed E-state index contributed by atoms with van der Waals surface area (Å²) in [6.07, 6.45) is 4.09. The van der Waals surface area contributed by atoms with Crippen molar-refractivity contribution < 1.29 is 0 Å². The van der Waals surface area contributed by atoms with Crippen molar-refractivity contribution in [2.24, 2.45) is 0 Å². The van der Waals surface area contributed by atoms with E-state index in [0.717, 1.165) is 24.5 Å². The molecule has 1 aromatic carbocycles. The molecule has 0 unspecified atom stereocenters. The summed E-state index contributed by atoms with van der Waals surface area (Å²) in [6.45, 7) is 9.73. The van der Waals surface area contributed by atoms with Crippen LogP contribution in [-0.4, -0.2) is 16.5 Å². The zero-order valence-electron chi connectivity index (χ0n) is 14.0. The van der Waals surface area contributed by atoms with Gasteiger partial charge in [0.15, 0.2) is 0 Å². The molecule has 0 aliphatic heterocycles. The van der Waals surface area contributed by atoms with E-state index in [4.69, 9.17) is 0 Å². The van der Waals surface area contributed by atoms with E-state index in [1.165, 1.54) is 12.0 Å². The number of hydrogen-bond donors (Lipinski definition) is 2. The summed E-state index contributed by atoms with van der Waals surface area (Å²) < 4.78 is 0. The number of aromatic nitrogens is 2. The molecule has 2 N–H and O–H groups in total. The van der Waals surface area contributed by atoms with Crippen LogP contribution in [-0.2, 0) is 5.41 Å². The van der Waals surface area contributed by atoms with Crippen molar-refractivity contribution in [1.29, 1.82) is 0 Å². The Kier molecular flexibility index (Phi) is 5.36. The maximum absolute atomic E-state index is 4.53. The van der Waals surface area contributed by atoms with Crippen LogP contribution < -0.4 is 10.6 Å². The van der Waals surface area contributed by atoms with Crippen LogP contribution in [0.25, 0.3) is 0 Å². The van der Waals surface area contributed by atoms with Crippen molar-refractivity contribution in [2.45, 2.75) is 46.0 Å². The molecule has 118 valence electrons. The maximum Gasteiger partial charge on any atom is 0.229 e. The van der Waals surface area contributed by atoms with Crippen LogP contribution in [0.2, 0.25) is 0 Å². The summed E-state index contributed by atoms with van der Waals surface area (Å²) in [5.41, 5.74) is 2.38. The quantitative estimate of drug-likeness (QED) is 0.757. The standard InChI is InChI=1S/C18H26N4/c1-5-6-12-19-16-11-13-20-17(22-16)21-15-10-8-7-9-14(15)18(2,3)4/h7-11,13H,5-6,12H2,1-4H3,(H2,19,20,21,22). The number of anilines is 3. The molecule has 0 saturated heterocycles. The zero-order chi connectivity index (χ0) is 16.0. The Morgan fingerprint density at radius 3 is 2.59 bits per heavy atom. The lowest BCUT2D eigenvalue weighted by atomic mass is 9.86. The molecular weight excluding hydrogens is 272 g/mol. The molecule has 0 radical (unpaired) electrons. The van der Waals surface area contributed by atoms with Crippen LogP contribution in [0.15, 0.2) is 36.5 Å². The predicted octanol–water partition coefficient (Wildman–Crippen LogP) is 4.73. The first-order valence-electron chi connectivity index (χ1n) is 7.94. The number of unbranched alkanes of at least 4 members (excludes halogenated alkanes) is 1. The van der Waals surface area contributed by atoms with Gasteiger partial charge in [0.2, 0.25) is 5.95 Å². The molecule has 0 atom stereocenters. The highest BCUT2D eigenvalue weighted by Crippen LogP contribution is 2.30. The van der Waals surface area contributed by atoms with Crippen LogP contribution in [0, 0.1) is 0 Å². The fourth-order valence-corrected chi connectivity index (χ4v) is 2.28. The van der Waals surface area contributed by atoms with Crippen molar-refractivity contribution >= 4 is 17.5 Å². The minimum Gasteiger partial charge on any atom is -0.370 e. The van der Waals surface area contributed by atoms with Gasteiger partial charge in [-0.15, -0.1) is 0 Å². The molecule has 0 spiro atoms. The number of hydrogen-bond acceptors (Lipinski definition) is 4. The summed E-state index contributed by atoms with van der Waals surface area (Å²) in [5.74, 6) is 1.48. The lowest BCUT2D eigenvalue weighted by Gasteiger charge is -2.23. The highest BCUT2D eigenvalue weighted by atomic mass is 15.1. The van der Waals surface area contributed by atoms with Crippen molar-refractivity contribution in [1.82, 2.24) is 9.97 Å². The van der Waals surface area contributed by atoms with Gasteiger partial charge in [0.1, 0.15) is 5.82 Å². The first kappa shape index (κ1) is 16.3. The molecular formula is C18H26N4. The van der Waals surface area contributed by atoms with Crippen molar-refractivity contribution in [2.75, 3.05) is 17.2 Å². The van der Waals surface area contributed by atoms with Gasteiger partial charge in [0.25, 0.3) is 0 Å². The van der Waals surface area contributed by atoms with Gasteiger partial charge >= 0.3 is 0 Å². The van der Waals surface area contributed by atoms with E-state index >= 15 is 0 Å². The zero-order valence-corrected chi connectivity index (χ0v) is 14.0. The molecule has 0 saturated carbocycles. The summed E-state index contributed by atoms with van der Waals surface area (Å²) in [6, 6.07) is 10.2. The third-order valence-corrected chi connectivity index (χ3v) is 3.47. The Hall–Kier alpha value is -2.10. The predicted molar refractivity (Wildman–Crippen MR) is 93.9 cm³/mol. The lowest BCUT2D eigenvalue weighted by Crippen LogP contribution is -2.14. The normalized spacial score (nSPS) is 11.3. The highest BCUT2D eigenvalue weighted by Gasteiger charge is 2.17. The Morgan fingerprint density at radius 1 is 1.09 bits per heavy atom. The smallest absolute Gasteiger partial charge is 0.229 e. The van der Waals surface area contributed by atoms with Crippen LogP contribution in [0.3, 0.4) is 0 Å². The van der Waals surface area contributed by atoms with Gasteiger partial charge in [-0.2, -0.15) is 4.98 Å². The maximum atomic E-state index is 4.53. The molecule has 1 aromatic heterocycles. The Bertz CT molecular complexity index is 602. The first-order valence-corrected chi connectivity index (χ1v) is 7.94. The minimum atomic E-state index is 0.0700. The number of benzene rings is 1. The summed E-state index contributed by atoms with van der Waals surface area (Å²) in [5, 5.41) is 6.67. The molecule has 2 aromatic rings. The van der Waals surface area contributed by atoms with Gasteiger partial charge in [-0.3, -0.25) is 0 Å². The number of para-hydroxylation sites is 1. The summed E-state index contributed by atoms with van der Waals surface area (Å²) in [7, 11) is 0. The van der Waals surface area contributed by atoms with Crippen molar-refractivity contribution in [3.63, 3.8) is 0 Å². The second-order valence-electron chi connectivity index (χ2n) is 6.47. The average Bonchev–Trinajstić information content (AvgIpc) is 2.47. The monoisotopic (exact) mass is 298 g/mol. The molecule has 0 aliphatic carbocycles. The van der Waals surface area contributed by atoms with Gasteiger partial charge in [-0.05, 0) is 29.5 Å². The fourth-order valence-electron chi connectivity index (χ4n) is 2.28. The van der Waals surface area contributed by atoms with E-state index in [9.17, 15) is 0 Å². The van der Waals surface area contributed by atoms with E-state index < -0.39 is 0 Å². The Balaban J connectivity index is 2.16. The van der Waals surface area contributed by atoms with Crippen molar-refractivity contribution in [3.05, 3.63) is 42.1 Å². The van der Waals surface area contributed by atoms with E-state index in [-0.39, 0.29) is 5.41 Å². The minimum absolute atomic E-state index is 0.0700. The van der Waals surface area contributed by atoms with Gasteiger partial charge in [0, 0.05) is 18.4 Å². The molecule has 0 amide bonds. The third kappa shape index (κ3) is 4.45. The largest absolute Gasteiger partial charge is 0.370 e. The van der Waals surface area contributed by atoms with Gasteiger partial charge in [-0.1, -0.05) is 52.3 Å². The molecule has 1 heterocycles. The molecule has 0 bridgehead atoms. The number of nitrogens with one attached hydrogen (secondary N) is 2. The van der Waals surface area contributed by atoms with Crippen molar-refractivity contribution in [3.8, 4) is 0 Å². The molecule has 0 aliphatic rings. The van der Waals surface area contributed by atoms with Gasteiger partial charge < -0.3 is 10.6 Å². The first-order chi connectivity index (χ1) is 10.5. The SMILES string of the molecule is CCCCNc1ccnc(Nc2ccccc2C(C)(C)C)n1. The van der Waals surface area contributed by atoms with E-state index in [2.05, 4.69) is 66.5 Å². The fraction of sp³-hybridized carbons (Fsp3) is 0.444. The molecule has 22 heavy (non-hydrogen) atoms. The van der Waals surface area contributed by atoms with Crippen LogP contribution in [0.5, 0.6) is 0 Å². The van der Waals surface area contributed by atoms with Crippen LogP contribution in [0.4, 0.5) is 17.5 Å². The molecule has 4 nitrogen and oxygen atoms in total. The Labute approximate surface area is 133 Å². The molecule has 4 heteroatoms. The van der Waals surface area contributed by atoms with E-state index in [1.807, 2.05) is 12.1 Å². The highest BCUT2D eigenvalue weighted by molar-refractivity contribution is 5.61. The Morgan fingerprint density at radius 2 is 1.86 bits per heavy atom. The van der Waals surface area contributed by atoms with Crippen LogP contribution >= 0.6 is 0 Å². The third-order valence-electron chi connectivity index (χ3n) is 3.47.